The van der Waals surface area contributed by atoms with Crippen LogP contribution in [0, 0.1) is 11.8 Å². The van der Waals surface area contributed by atoms with Crippen LogP contribution in [-0.4, -0.2) is 68.7 Å². The highest BCUT2D eigenvalue weighted by Gasteiger charge is 2.32. The highest BCUT2D eigenvalue weighted by molar-refractivity contribution is 7.80. The highest BCUT2D eigenvalue weighted by Crippen LogP contribution is 2.07. The molecular formula is C20H34N6O5S. The summed E-state index contributed by atoms with van der Waals surface area (Å²) in [6, 6.07) is -4.02. The van der Waals surface area contributed by atoms with Gasteiger partial charge >= 0.3 is 5.97 Å². The molecule has 32 heavy (non-hydrogen) atoms. The number of carboxylic acids is 1. The Kier molecular flexibility index (Phi) is 11.2. The van der Waals surface area contributed by atoms with Gasteiger partial charge < -0.3 is 31.8 Å². The first-order valence-electron chi connectivity index (χ1n) is 10.4. The van der Waals surface area contributed by atoms with Gasteiger partial charge in [-0.25, -0.2) is 9.78 Å². The SMILES string of the molecule is CC(C)CC(N)C(=O)NC(Cc1cnc[nH]1)C(=O)NC(C(=O)NC(CS)C(=O)O)C(C)C. The summed E-state index contributed by atoms with van der Waals surface area (Å²) in [4.78, 5) is 56.2. The molecular weight excluding hydrogens is 436 g/mol. The molecule has 4 unspecified atom stereocenters. The maximum atomic E-state index is 13.0. The van der Waals surface area contributed by atoms with Gasteiger partial charge in [-0.15, -0.1) is 0 Å². The Labute approximate surface area is 193 Å². The molecule has 0 aliphatic carbocycles. The van der Waals surface area contributed by atoms with Crippen LogP contribution in [0.2, 0.25) is 0 Å². The van der Waals surface area contributed by atoms with Crippen LogP contribution >= 0.6 is 12.6 Å². The van der Waals surface area contributed by atoms with Gasteiger partial charge in [-0.2, -0.15) is 12.6 Å². The van der Waals surface area contributed by atoms with E-state index in [0.717, 1.165) is 0 Å². The number of aromatic nitrogens is 2. The number of amides is 3. The Morgan fingerprint density at radius 1 is 1.06 bits per heavy atom. The number of hydrogen-bond acceptors (Lipinski definition) is 7. The third kappa shape index (κ3) is 8.87. The molecule has 0 saturated heterocycles. The molecule has 180 valence electrons. The molecule has 0 radical (unpaired) electrons. The lowest BCUT2D eigenvalue weighted by atomic mass is 10.0. The number of carbonyl (C=O) groups is 4. The monoisotopic (exact) mass is 470 g/mol. The molecule has 1 heterocycles. The summed E-state index contributed by atoms with van der Waals surface area (Å²) in [6.07, 6.45) is 3.52. The summed E-state index contributed by atoms with van der Waals surface area (Å²) in [5.41, 5.74) is 6.55. The zero-order valence-electron chi connectivity index (χ0n) is 18.8. The molecule has 0 aliphatic rings. The van der Waals surface area contributed by atoms with Gasteiger partial charge in [-0.1, -0.05) is 27.7 Å². The van der Waals surface area contributed by atoms with Crippen LogP contribution in [0.4, 0.5) is 0 Å². The molecule has 1 aromatic rings. The van der Waals surface area contributed by atoms with E-state index in [1.54, 1.807) is 13.8 Å². The van der Waals surface area contributed by atoms with E-state index in [2.05, 4.69) is 38.5 Å². The molecule has 12 heteroatoms. The van der Waals surface area contributed by atoms with Gasteiger partial charge in [0.05, 0.1) is 12.4 Å². The van der Waals surface area contributed by atoms with Crippen molar-refractivity contribution in [2.75, 3.05) is 5.75 Å². The summed E-state index contributed by atoms with van der Waals surface area (Å²) in [5.74, 6) is -3.23. The first kappa shape index (κ1) is 27.4. The topological polar surface area (TPSA) is 179 Å². The van der Waals surface area contributed by atoms with Crippen molar-refractivity contribution in [1.29, 1.82) is 0 Å². The summed E-state index contributed by atoms with van der Waals surface area (Å²) >= 11 is 3.93. The number of carboxylic acid groups (broad SMARTS) is 1. The van der Waals surface area contributed by atoms with Gasteiger partial charge in [0, 0.05) is 24.1 Å². The Bertz CT molecular complexity index is 771. The van der Waals surface area contributed by atoms with Crippen molar-refractivity contribution in [1.82, 2.24) is 25.9 Å². The Morgan fingerprint density at radius 3 is 2.16 bits per heavy atom. The second-order valence-electron chi connectivity index (χ2n) is 8.39. The van der Waals surface area contributed by atoms with Crippen LogP contribution in [0.25, 0.3) is 0 Å². The Balaban J connectivity index is 2.98. The van der Waals surface area contributed by atoms with Crippen molar-refractivity contribution >= 4 is 36.3 Å². The molecule has 0 bridgehead atoms. The average Bonchev–Trinajstić information content (AvgIpc) is 3.21. The fourth-order valence-corrected chi connectivity index (χ4v) is 3.20. The van der Waals surface area contributed by atoms with E-state index in [0.29, 0.717) is 12.1 Å². The van der Waals surface area contributed by atoms with E-state index in [9.17, 15) is 19.2 Å². The maximum Gasteiger partial charge on any atom is 0.327 e. The third-order valence-electron chi connectivity index (χ3n) is 4.72. The standard InChI is InChI=1S/C20H34N6O5S/c1-10(2)5-13(21)17(27)24-14(6-12-7-22-9-23-12)18(28)26-16(11(3)4)19(29)25-15(8-32)20(30)31/h7,9-11,13-16,32H,5-6,8,21H2,1-4H3,(H,22,23)(H,24,27)(H,25,29)(H,26,28)(H,30,31). The first-order chi connectivity index (χ1) is 15.0. The van der Waals surface area contributed by atoms with Gasteiger partial charge in [-0.05, 0) is 18.3 Å². The number of aromatic amines is 1. The van der Waals surface area contributed by atoms with Crippen LogP contribution in [-0.2, 0) is 25.6 Å². The van der Waals surface area contributed by atoms with Gasteiger partial charge in [0.1, 0.15) is 18.1 Å². The molecule has 0 aliphatic heterocycles. The zero-order valence-corrected chi connectivity index (χ0v) is 19.7. The molecule has 1 rings (SSSR count). The molecule has 0 saturated carbocycles. The predicted octanol–water partition coefficient (Wildman–Crippen LogP) is -0.550. The second kappa shape index (κ2) is 13.1. The van der Waals surface area contributed by atoms with E-state index >= 15 is 0 Å². The van der Waals surface area contributed by atoms with E-state index in [1.807, 2.05) is 13.8 Å². The maximum absolute atomic E-state index is 13.0. The lowest BCUT2D eigenvalue weighted by Gasteiger charge is -2.27. The molecule has 0 fully saturated rings. The van der Waals surface area contributed by atoms with Crippen molar-refractivity contribution in [3.05, 3.63) is 18.2 Å². The molecule has 11 nitrogen and oxygen atoms in total. The number of nitrogens with one attached hydrogen (secondary N) is 4. The van der Waals surface area contributed by atoms with Gasteiger partial charge in [0.25, 0.3) is 0 Å². The van der Waals surface area contributed by atoms with E-state index in [1.165, 1.54) is 12.5 Å². The van der Waals surface area contributed by atoms with Crippen LogP contribution < -0.4 is 21.7 Å². The number of thiol groups is 1. The van der Waals surface area contributed by atoms with Crippen molar-refractivity contribution in [2.45, 2.75) is 64.7 Å². The number of aliphatic carboxylic acids is 1. The Hall–Kier alpha value is -2.60. The van der Waals surface area contributed by atoms with Crippen LogP contribution in [0.15, 0.2) is 12.5 Å². The van der Waals surface area contributed by atoms with Gasteiger partial charge in [-0.3, -0.25) is 14.4 Å². The number of imidazole rings is 1. The lowest BCUT2D eigenvalue weighted by Crippen LogP contribution is -2.59. The molecule has 7 N–H and O–H groups in total. The average molecular weight is 471 g/mol. The molecule has 0 aromatic carbocycles. The minimum Gasteiger partial charge on any atom is -0.480 e. The fraction of sp³-hybridized carbons (Fsp3) is 0.650. The van der Waals surface area contributed by atoms with Crippen LogP contribution in [0.5, 0.6) is 0 Å². The smallest absolute Gasteiger partial charge is 0.327 e. The summed E-state index contributed by atoms with van der Waals surface area (Å²) in [7, 11) is 0. The predicted molar refractivity (Wildman–Crippen MR) is 122 cm³/mol. The van der Waals surface area contributed by atoms with Gasteiger partial charge in [0.15, 0.2) is 0 Å². The van der Waals surface area contributed by atoms with Crippen LogP contribution in [0.1, 0.15) is 39.8 Å². The second-order valence-corrected chi connectivity index (χ2v) is 8.76. The van der Waals surface area contributed by atoms with Crippen LogP contribution in [0.3, 0.4) is 0 Å². The van der Waals surface area contributed by atoms with E-state index in [-0.39, 0.29) is 24.0 Å². The summed E-state index contributed by atoms with van der Waals surface area (Å²) in [5, 5.41) is 16.8. The normalized spacial score (nSPS) is 15.0. The molecule has 4 atom stereocenters. The zero-order chi connectivity index (χ0) is 24.4. The van der Waals surface area contributed by atoms with E-state index in [4.69, 9.17) is 10.8 Å². The summed E-state index contributed by atoms with van der Waals surface area (Å²) < 4.78 is 0. The molecule has 3 amide bonds. The van der Waals surface area contributed by atoms with Crippen molar-refractivity contribution < 1.29 is 24.3 Å². The largest absolute Gasteiger partial charge is 0.480 e. The third-order valence-corrected chi connectivity index (χ3v) is 5.08. The molecule has 1 aromatic heterocycles. The van der Waals surface area contributed by atoms with E-state index < -0.39 is 47.9 Å². The lowest BCUT2D eigenvalue weighted by molar-refractivity contribution is -0.142. The highest BCUT2D eigenvalue weighted by atomic mass is 32.1. The minimum atomic E-state index is -1.23. The van der Waals surface area contributed by atoms with Crippen molar-refractivity contribution in [3.8, 4) is 0 Å². The number of nitrogens with zero attached hydrogens (tertiary/aromatic N) is 1. The fourth-order valence-electron chi connectivity index (χ4n) is 2.95. The summed E-state index contributed by atoms with van der Waals surface area (Å²) in [6.45, 7) is 7.29. The number of carbonyl (C=O) groups excluding carboxylic acids is 3. The molecule has 0 spiro atoms. The number of H-pyrrole nitrogens is 1. The number of rotatable bonds is 13. The number of nitrogens with two attached hydrogens (primary N) is 1. The number of hydrogen-bond donors (Lipinski definition) is 7. The van der Waals surface area contributed by atoms with Crippen molar-refractivity contribution in [3.63, 3.8) is 0 Å². The minimum absolute atomic E-state index is 0.104. The van der Waals surface area contributed by atoms with Gasteiger partial charge in [0.2, 0.25) is 17.7 Å². The Morgan fingerprint density at radius 2 is 1.69 bits per heavy atom. The van der Waals surface area contributed by atoms with Crippen molar-refractivity contribution in [2.24, 2.45) is 17.6 Å². The first-order valence-corrected chi connectivity index (χ1v) is 11.1. The quantitative estimate of drug-likeness (QED) is 0.189.